The molecule has 0 saturated heterocycles. The Morgan fingerprint density at radius 3 is 2.25 bits per heavy atom. The lowest BCUT2D eigenvalue weighted by atomic mass is 10.2. The Morgan fingerprint density at radius 1 is 1.33 bits per heavy atom. The summed E-state index contributed by atoms with van der Waals surface area (Å²) in [5.41, 5.74) is 3.77. The normalized spacial score (nSPS) is 9.42. The quantitative estimate of drug-likeness (QED) is 0.609. The zero-order valence-corrected chi connectivity index (χ0v) is 7.89. The van der Waals surface area contributed by atoms with Crippen LogP contribution in [0.3, 0.4) is 0 Å². The molecule has 1 heteroatoms. The molecular formula is C11H15N. The Bertz CT molecular complexity index is 276. The smallest absolute Gasteiger partial charge is 0.0191 e. The molecule has 1 N–H and O–H groups in total. The number of aromatic nitrogens is 1. The Labute approximate surface area is 74.5 Å². The number of rotatable bonds is 1. The summed E-state index contributed by atoms with van der Waals surface area (Å²) in [5.74, 6) is 0. The summed E-state index contributed by atoms with van der Waals surface area (Å²) in [4.78, 5) is 3.24. The average Bonchev–Trinajstić information content (AvgIpc) is 2.35. The first kappa shape index (κ1) is 10.6. The largest absolute Gasteiger partial charge is 0.362 e. The maximum absolute atomic E-state index is 4.00. The number of nitrogens with one attached hydrogen (secondary N) is 1. The number of allylic oxidation sites excluding steroid dienone is 1. The van der Waals surface area contributed by atoms with Gasteiger partial charge >= 0.3 is 0 Å². The van der Waals surface area contributed by atoms with Gasteiger partial charge in [0.15, 0.2) is 0 Å². The van der Waals surface area contributed by atoms with Gasteiger partial charge in [0.05, 0.1) is 0 Å². The molecule has 0 aliphatic carbocycles. The third-order valence-corrected chi connectivity index (χ3v) is 1.54. The van der Waals surface area contributed by atoms with E-state index in [0.717, 1.165) is 0 Å². The van der Waals surface area contributed by atoms with E-state index in [1.807, 2.05) is 6.92 Å². The minimum Gasteiger partial charge on any atom is -0.362 e. The number of terminal acetylenes is 1. The van der Waals surface area contributed by atoms with E-state index in [9.17, 15) is 0 Å². The van der Waals surface area contributed by atoms with Crippen molar-refractivity contribution in [3.63, 3.8) is 0 Å². The fraction of sp³-hybridized carbons (Fsp3) is 0.273. The molecule has 0 bridgehead atoms. The number of hydrogen-bond donors (Lipinski definition) is 1. The van der Waals surface area contributed by atoms with Crippen molar-refractivity contribution in [2.75, 3.05) is 0 Å². The van der Waals surface area contributed by atoms with Gasteiger partial charge in [-0.05, 0) is 32.4 Å². The van der Waals surface area contributed by atoms with Crippen LogP contribution in [0.2, 0.25) is 0 Å². The Morgan fingerprint density at radius 2 is 1.92 bits per heavy atom. The summed E-state index contributed by atoms with van der Waals surface area (Å²) in [6, 6.07) is 2.15. The lowest BCUT2D eigenvalue weighted by Crippen LogP contribution is -1.72. The molecule has 1 aromatic heterocycles. The van der Waals surface area contributed by atoms with Crippen molar-refractivity contribution < 1.29 is 0 Å². The highest BCUT2D eigenvalue weighted by molar-refractivity contribution is 5.52. The van der Waals surface area contributed by atoms with E-state index >= 15 is 0 Å². The highest BCUT2D eigenvalue weighted by atomic mass is 14.7. The summed E-state index contributed by atoms with van der Waals surface area (Å²) in [6.07, 6.45) is 12.2. The van der Waals surface area contributed by atoms with Gasteiger partial charge in [-0.1, -0.05) is 12.2 Å². The summed E-state index contributed by atoms with van der Waals surface area (Å²) in [7, 11) is 0. The molecule has 1 rings (SSSR count). The molecule has 0 saturated carbocycles. The second-order valence-electron chi connectivity index (χ2n) is 2.53. The van der Waals surface area contributed by atoms with Gasteiger partial charge in [0.25, 0.3) is 0 Å². The van der Waals surface area contributed by atoms with Crippen LogP contribution in [-0.2, 0) is 0 Å². The lowest BCUT2D eigenvalue weighted by molar-refractivity contribution is 1.19. The minimum atomic E-state index is 1.23. The van der Waals surface area contributed by atoms with Crippen molar-refractivity contribution in [1.82, 2.24) is 4.98 Å². The second kappa shape index (κ2) is 5.26. The molecule has 1 heterocycles. The van der Waals surface area contributed by atoms with Crippen molar-refractivity contribution in [3.8, 4) is 12.8 Å². The number of aromatic amines is 1. The number of hydrogen-bond acceptors (Lipinski definition) is 0. The molecule has 12 heavy (non-hydrogen) atoms. The summed E-state index contributed by atoms with van der Waals surface area (Å²) in [6.45, 7) is 6.18. The molecule has 0 amide bonds. The summed E-state index contributed by atoms with van der Waals surface area (Å²) in [5, 5.41) is 0. The first-order valence-corrected chi connectivity index (χ1v) is 3.86. The van der Waals surface area contributed by atoms with E-state index < -0.39 is 0 Å². The molecular weight excluding hydrogens is 146 g/mol. The van der Waals surface area contributed by atoms with Crippen LogP contribution in [0.1, 0.15) is 23.9 Å². The van der Waals surface area contributed by atoms with E-state index in [2.05, 4.69) is 49.9 Å². The third kappa shape index (κ3) is 2.67. The topological polar surface area (TPSA) is 15.8 Å². The maximum Gasteiger partial charge on any atom is 0.0191 e. The lowest BCUT2D eigenvalue weighted by Gasteiger charge is -1.85. The monoisotopic (exact) mass is 161 g/mol. The van der Waals surface area contributed by atoms with Crippen molar-refractivity contribution in [1.29, 1.82) is 0 Å². The van der Waals surface area contributed by atoms with Gasteiger partial charge in [0.1, 0.15) is 0 Å². The molecule has 0 radical (unpaired) electrons. The minimum absolute atomic E-state index is 1.23. The van der Waals surface area contributed by atoms with Crippen LogP contribution in [-0.4, -0.2) is 4.98 Å². The van der Waals surface area contributed by atoms with Gasteiger partial charge < -0.3 is 4.98 Å². The van der Waals surface area contributed by atoms with Crippen LogP contribution >= 0.6 is 0 Å². The summed E-state index contributed by atoms with van der Waals surface area (Å²) >= 11 is 0. The fourth-order valence-corrected chi connectivity index (χ4v) is 1.10. The molecule has 1 aromatic rings. The molecule has 0 aliphatic heterocycles. The third-order valence-electron chi connectivity index (χ3n) is 1.54. The molecule has 64 valence electrons. The molecule has 0 fully saturated rings. The van der Waals surface area contributed by atoms with Gasteiger partial charge in [-0.2, -0.15) is 0 Å². The van der Waals surface area contributed by atoms with E-state index in [-0.39, 0.29) is 0 Å². The van der Waals surface area contributed by atoms with Gasteiger partial charge in [-0.3, -0.25) is 0 Å². The van der Waals surface area contributed by atoms with Crippen LogP contribution in [0.25, 0.3) is 6.08 Å². The second-order valence-corrected chi connectivity index (χ2v) is 2.53. The van der Waals surface area contributed by atoms with E-state index in [1.165, 1.54) is 17.0 Å². The maximum atomic E-state index is 4.00. The van der Waals surface area contributed by atoms with Crippen molar-refractivity contribution in [2.45, 2.75) is 20.8 Å². The van der Waals surface area contributed by atoms with Gasteiger partial charge in [-0.15, -0.1) is 12.8 Å². The molecule has 0 aliphatic rings. The molecule has 0 spiro atoms. The average molecular weight is 161 g/mol. The van der Waals surface area contributed by atoms with E-state index in [0.29, 0.717) is 0 Å². The van der Waals surface area contributed by atoms with Crippen molar-refractivity contribution in [2.24, 2.45) is 0 Å². The van der Waals surface area contributed by atoms with E-state index in [4.69, 9.17) is 0 Å². The zero-order chi connectivity index (χ0) is 9.56. The fourth-order valence-electron chi connectivity index (χ4n) is 1.10. The van der Waals surface area contributed by atoms with Crippen LogP contribution in [0.15, 0.2) is 12.1 Å². The first-order chi connectivity index (χ1) is 5.74. The first-order valence-electron chi connectivity index (χ1n) is 3.86. The highest BCUT2D eigenvalue weighted by Gasteiger charge is 1.95. The van der Waals surface area contributed by atoms with Gasteiger partial charge in [0, 0.05) is 11.4 Å². The summed E-state index contributed by atoms with van der Waals surface area (Å²) < 4.78 is 0. The predicted octanol–water partition coefficient (Wildman–Crippen LogP) is 2.91. The Balaban J connectivity index is 0.000000561. The standard InChI is InChI=1S/C9H13N.C2H2/c1-4-5-9-6-7(2)10-8(9)3;1-2/h4-6,10H,1-3H3;1-2H/b5-4-;. The number of aryl methyl sites for hydroxylation is 2. The number of H-pyrrole nitrogens is 1. The zero-order valence-electron chi connectivity index (χ0n) is 7.89. The highest BCUT2D eigenvalue weighted by Crippen LogP contribution is 2.10. The molecule has 0 aromatic carbocycles. The van der Waals surface area contributed by atoms with Crippen LogP contribution in [0.5, 0.6) is 0 Å². The van der Waals surface area contributed by atoms with Crippen LogP contribution in [0, 0.1) is 26.7 Å². The van der Waals surface area contributed by atoms with Gasteiger partial charge in [-0.25, -0.2) is 0 Å². The Kier molecular flexibility index (Phi) is 4.64. The van der Waals surface area contributed by atoms with Gasteiger partial charge in [0.2, 0.25) is 0 Å². The van der Waals surface area contributed by atoms with Crippen molar-refractivity contribution >= 4 is 6.08 Å². The van der Waals surface area contributed by atoms with Crippen LogP contribution < -0.4 is 0 Å². The Hall–Kier alpha value is -1.42. The SMILES string of the molecule is C#C.C/C=C\c1cc(C)[nH]c1C. The molecule has 1 nitrogen and oxygen atoms in total. The van der Waals surface area contributed by atoms with Crippen molar-refractivity contribution in [3.05, 3.63) is 29.1 Å². The molecule has 0 unspecified atom stereocenters. The van der Waals surface area contributed by atoms with Crippen LogP contribution in [0.4, 0.5) is 0 Å². The molecule has 0 atom stereocenters. The predicted molar refractivity (Wildman–Crippen MR) is 54.9 cm³/mol. The van der Waals surface area contributed by atoms with E-state index in [1.54, 1.807) is 0 Å².